The first-order chi connectivity index (χ1) is 11.3. The van der Waals surface area contributed by atoms with Gasteiger partial charge in [0.25, 0.3) is 0 Å². The largest absolute Gasteiger partial charge is 0.393 e. The Morgan fingerprint density at radius 1 is 1.21 bits per heavy atom. The summed E-state index contributed by atoms with van der Waals surface area (Å²) in [6.45, 7) is 9.13. The van der Waals surface area contributed by atoms with Crippen LogP contribution in [0, 0.1) is 28.6 Å². The van der Waals surface area contributed by atoms with Crippen LogP contribution in [0.3, 0.4) is 0 Å². The van der Waals surface area contributed by atoms with Crippen molar-refractivity contribution in [3.8, 4) is 0 Å². The van der Waals surface area contributed by atoms with Crippen molar-refractivity contribution in [3.05, 3.63) is 34.9 Å². The lowest BCUT2D eigenvalue weighted by Gasteiger charge is -2.57. The third kappa shape index (κ3) is 2.02. The predicted molar refractivity (Wildman–Crippen MR) is 96.4 cm³/mol. The number of hydrogen-bond donors (Lipinski definition) is 1. The Labute approximate surface area is 145 Å². The minimum atomic E-state index is -0.282. The number of rotatable bonds is 0. The minimum Gasteiger partial charge on any atom is -0.393 e. The van der Waals surface area contributed by atoms with Crippen LogP contribution < -0.4 is 0 Å². The predicted octanol–water partition coefficient (Wildman–Crippen LogP) is 4.60. The molecule has 0 heterocycles. The number of aliphatic hydroxyl groups is 1. The lowest BCUT2D eigenvalue weighted by atomic mass is 9.48. The highest BCUT2D eigenvalue weighted by atomic mass is 16.3. The maximum atomic E-state index is 11.9. The third-order valence-corrected chi connectivity index (χ3v) is 7.84. The molecule has 2 saturated carbocycles. The molecule has 2 nitrogen and oxygen atoms in total. The van der Waals surface area contributed by atoms with E-state index in [1.165, 1.54) is 18.4 Å². The Hall–Kier alpha value is -1.15. The van der Waals surface area contributed by atoms with Gasteiger partial charge in [0.15, 0.2) is 5.78 Å². The van der Waals surface area contributed by atoms with Gasteiger partial charge in [-0.05, 0) is 73.8 Å². The lowest BCUT2D eigenvalue weighted by molar-refractivity contribution is -0.118. The van der Waals surface area contributed by atoms with Crippen LogP contribution in [-0.2, 0) is 4.79 Å². The van der Waals surface area contributed by atoms with Gasteiger partial charge in [0.05, 0.1) is 6.10 Å². The number of carbonyl (C=O) groups is 1. The molecule has 130 valence electrons. The second-order valence-electron chi connectivity index (χ2n) is 9.26. The molecule has 4 aliphatic carbocycles. The molecule has 4 aliphatic rings. The summed E-state index contributed by atoms with van der Waals surface area (Å²) in [6.07, 6.45) is 10.9. The SMILES string of the molecule is CC(C)=C1CC[C@H]2[C@@H]3C=CC4=CC(=O)CC[C@]4(C)[C@H]3[C@@H](O)C[C@]12C. The maximum Gasteiger partial charge on any atom is 0.156 e. The molecule has 6 atom stereocenters. The van der Waals surface area contributed by atoms with Crippen LogP contribution in [0.4, 0.5) is 0 Å². The molecule has 2 fully saturated rings. The molecule has 0 aromatic heterocycles. The molecule has 24 heavy (non-hydrogen) atoms. The Bertz CT molecular complexity index is 678. The highest BCUT2D eigenvalue weighted by molar-refractivity contribution is 5.92. The lowest BCUT2D eigenvalue weighted by Crippen LogP contribution is -2.54. The van der Waals surface area contributed by atoms with Crippen LogP contribution >= 0.6 is 0 Å². The Morgan fingerprint density at radius 2 is 1.96 bits per heavy atom. The van der Waals surface area contributed by atoms with E-state index in [0.717, 1.165) is 18.4 Å². The summed E-state index contributed by atoms with van der Waals surface area (Å²) < 4.78 is 0. The molecular formula is C22H30O2. The summed E-state index contributed by atoms with van der Waals surface area (Å²) in [7, 11) is 0. The van der Waals surface area contributed by atoms with Gasteiger partial charge >= 0.3 is 0 Å². The fourth-order valence-corrected chi connectivity index (χ4v) is 6.76. The topological polar surface area (TPSA) is 37.3 Å². The summed E-state index contributed by atoms with van der Waals surface area (Å²) in [5.41, 5.74) is 4.29. The first-order valence-corrected chi connectivity index (χ1v) is 9.55. The molecule has 2 heteroatoms. The summed E-state index contributed by atoms with van der Waals surface area (Å²) >= 11 is 0. The Balaban J connectivity index is 1.81. The zero-order chi connectivity index (χ0) is 17.3. The average Bonchev–Trinajstić information content (AvgIpc) is 2.84. The van der Waals surface area contributed by atoms with Crippen molar-refractivity contribution in [1.29, 1.82) is 0 Å². The van der Waals surface area contributed by atoms with E-state index in [0.29, 0.717) is 18.3 Å². The second-order valence-corrected chi connectivity index (χ2v) is 9.26. The molecule has 0 unspecified atom stereocenters. The van der Waals surface area contributed by atoms with Crippen molar-refractivity contribution in [3.63, 3.8) is 0 Å². The van der Waals surface area contributed by atoms with Crippen LogP contribution in [0.25, 0.3) is 0 Å². The highest BCUT2D eigenvalue weighted by Gasteiger charge is 2.59. The zero-order valence-electron chi connectivity index (χ0n) is 15.4. The number of aliphatic hydroxyl groups excluding tert-OH is 1. The third-order valence-electron chi connectivity index (χ3n) is 7.84. The van der Waals surface area contributed by atoms with Gasteiger partial charge in [-0.3, -0.25) is 4.79 Å². The fourth-order valence-electron chi connectivity index (χ4n) is 6.76. The first kappa shape index (κ1) is 16.3. The molecule has 1 N–H and O–H groups in total. The Kier molecular flexibility index (Phi) is 3.52. The number of hydrogen-bond acceptors (Lipinski definition) is 2. The number of allylic oxidation sites excluding steroid dienone is 6. The molecule has 0 bridgehead atoms. The van der Waals surface area contributed by atoms with Crippen molar-refractivity contribution in [2.24, 2.45) is 28.6 Å². The van der Waals surface area contributed by atoms with Gasteiger partial charge in [-0.1, -0.05) is 37.1 Å². The molecule has 0 aliphatic heterocycles. The van der Waals surface area contributed by atoms with Gasteiger partial charge in [-0.2, -0.15) is 0 Å². The van der Waals surface area contributed by atoms with Crippen LogP contribution in [0.1, 0.15) is 59.8 Å². The van der Waals surface area contributed by atoms with Gasteiger partial charge < -0.3 is 5.11 Å². The number of ketones is 1. The monoisotopic (exact) mass is 326 g/mol. The molecule has 4 rings (SSSR count). The van der Waals surface area contributed by atoms with Gasteiger partial charge in [-0.15, -0.1) is 0 Å². The number of carbonyl (C=O) groups excluding carboxylic acids is 1. The summed E-state index contributed by atoms with van der Waals surface area (Å²) in [5, 5.41) is 11.2. The van der Waals surface area contributed by atoms with Crippen LogP contribution in [0.5, 0.6) is 0 Å². The summed E-state index contributed by atoms with van der Waals surface area (Å²) in [6, 6.07) is 0. The van der Waals surface area contributed by atoms with E-state index in [1.54, 1.807) is 5.57 Å². The van der Waals surface area contributed by atoms with E-state index in [4.69, 9.17) is 0 Å². The van der Waals surface area contributed by atoms with Gasteiger partial charge in [0.1, 0.15) is 0 Å². The van der Waals surface area contributed by atoms with Gasteiger partial charge in [0.2, 0.25) is 0 Å². The molecular weight excluding hydrogens is 296 g/mol. The quantitative estimate of drug-likeness (QED) is 0.661. The van der Waals surface area contributed by atoms with Crippen LogP contribution in [0.2, 0.25) is 0 Å². The highest BCUT2D eigenvalue weighted by Crippen LogP contribution is 2.65. The maximum absolute atomic E-state index is 11.9. The molecule has 0 aromatic rings. The fraction of sp³-hybridized carbons (Fsp3) is 0.682. The van der Waals surface area contributed by atoms with Crippen molar-refractivity contribution in [1.82, 2.24) is 0 Å². The summed E-state index contributed by atoms with van der Waals surface area (Å²) in [4.78, 5) is 11.9. The molecule has 0 aromatic carbocycles. The summed E-state index contributed by atoms with van der Waals surface area (Å²) in [5.74, 6) is 1.57. The van der Waals surface area contributed by atoms with E-state index in [-0.39, 0.29) is 28.6 Å². The van der Waals surface area contributed by atoms with E-state index < -0.39 is 0 Å². The Morgan fingerprint density at radius 3 is 2.67 bits per heavy atom. The second kappa shape index (κ2) is 5.17. The van der Waals surface area contributed by atoms with Crippen molar-refractivity contribution in [2.45, 2.75) is 65.9 Å². The van der Waals surface area contributed by atoms with E-state index in [2.05, 4.69) is 39.8 Å². The van der Waals surface area contributed by atoms with Gasteiger partial charge in [0, 0.05) is 12.3 Å². The van der Waals surface area contributed by atoms with Crippen molar-refractivity contribution >= 4 is 5.78 Å². The van der Waals surface area contributed by atoms with E-state index >= 15 is 0 Å². The first-order valence-electron chi connectivity index (χ1n) is 9.55. The standard InChI is InChI=1S/C22H30O2/c1-13(2)17-7-8-18-16-6-5-14-11-15(23)9-10-21(14,3)20(16)19(24)12-22(17,18)4/h5-6,11,16,18-20,24H,7-10,12H2,1-4H3/t16-,18-,19-,20+,21-,22+/m0/s1. The molecule has 0 radical (unpaired) electrons. The van der Waals surface area contributed by atoms with Crippen molar-refractivity contribution in [2.75, 3.05) is 0 Å². The minimum absolute atomic E-state index is 0.0399. The molecule has 0 saturated heterocycles. The average molecular weight is 326 g/mol. The molecule has 0 spiro atoms. The molecule has 0 amide bonds. The zero-order valence-corrected chi connectivity index (χ0v) is 15.4. The normalized spacial score (nSPS) is 47.0. The smallest absolute Gasteiger partial charge is 0.156 e. The van der Waals surface area contributed by atoms with E-state index in [1.807, 2.05) is 6.08 Å². The van der Waals surface area contributed by atoms with Crippen LogP contribution in [-0.4, -0.2) is 17.0 Å². The van der Waals surface area contributed by atoms with Gasteiger partial charge in [-0.25, -0.2) is 0 Å². The van der Waals surface area contributed by atoms with E-state index in [9.17, 15) is 9.90 Å². The van der Waals surface area contributed by atoms with Crippen LogP contribution in [0.15, 0.2) is 34.9 Å². The van der Waals surface area contributed by atoms with Crippen molar-refractivity contribution < 1.29 is 9.90 Å². The number of fused-ring (bicyclic) bond motifs is 5.